The van der Waals surface area contributed by atoms with Crippen molar-refractivity contribution in [2.24, 2.45) is 0 Å². The van der Waals surface area contributed by atoms with E-state index in [-0.39, 0.29) is 17.4 Å². The molecule has 1 aromatic carbocycles. The van der Waals surface area contributed by atoms with Crippen LogP contribution in [0, 0.1) is 5.82 Å². The summed E-state index contributed by atoms with van der Waals surface area (Å²) in [6.07, 6.45) is 3.19. The van der Waals surface area contributed by atoms with Gasteiger partial charge in [0.15, 0.2) is 0 Å². The third-order valence-corrected chi connectivity index (χ3v) is 3.31. The van der Waals surface area contributed by atoms with Crippen LogP contribution in [0.2, 0.25) is 0 Å². The first-order valence-corrected chi connectivity index (χ1v) is 5.95. The molecule has 1 amide bonds. The number of hydrogen-bond donors (Lipinski definition) is 0. The van der Waals surface area contributed by atoms with E-state index in [1.54, 1.807) is 6.07 Å². The number of piperidine rings is 1. The smallest absolute Gasteiger partial charge is 0.254 e. The SMILES string of the molecule is [B]c1ccc(C(=O)N2CCCCC2C)cc1F. The second kappa shape index (κ2) is 4.90. The zero-order chi connectivity index (χ0) is 12.4. The molecule has 1 aromatic rings. The summed E-state index contributed by atoms with van der Waals surface area (Å²) in [5.41, 5.74) is 0.457. The Bertz CT molecular complexity index is 435. The Hall–Kier alpha value is -1.32. The van der Waals surface area contributed by atoms with Crippen LogP contribution in [-0.4, -0.2) is 31.2 Å². The van der Waals surface area contributed by atoms with Gasteiger partial charge in [-0.1, -0.05) is 11.5 Å². The molecule has 2 rings (SSSR count). The third-order valence-electron chi connectivity index (χ3n) is 3.31. The van der Waals surface area contributed by atoms with Crippen LogP contribution in [0.4, 0.5) is 4.39 Å². The molecule has 1 fully saturated rings. The fourth-order valence-corrected chi connectivity index (χ4v) is 2.23. The molecule has 0 spiro atoms. The summed E-state index contributed by atoms with van der Waals surface area (Å²) in [5.74, 6) is -0.628. The minimum atomic E-state index is -0.527. The average Bonchev–Trinajstić information content (AvgIpc) is 2.32. The summed E-state index contributed by atoms with van der Waals surface area (Å²) in [6.45, 7) is 2.79. The van der Waals surface area contributed by atoms with Crippen LogP contribution in [-0.2, 0) is 0 Å². The lowest BCUT2D eigenvalue weighted by Crippen LogP contribution is -2.42. The van der Waals surface area contributed by atoms with Crippen LogP contribution in [0.5, 0.6) is 0 Å². The van der Waals surface area contributed by atoms with Gasteiger partial charge in [-0.05, 0) is 38.3 Å². The number of hydrogen-bond acceptors (Lipinski definition) is 1. The van der Waals surface area contributed by atoms with Gasteiger partial charge in [-0.2, -0.15) is 0 Å². The van der Waals surface area contributed by atoms with E-state index < -0.39 is 5.82 Å². The van der Waals surface area contributed by atoms with Crippen LogP contribution in [0.25, 0.3) is 0 Å². The van der Waals surface area contributed by atoms with E-state index in [0.717, 1.165) is 25.8 Å². The number of amides is 1. The number of carbonyl (C=O) groups is 1. The number of nitrogens with zero attached hydrogens (tertiary/aromatic N) is 1. The lowest BCUT2D eigenvalue weighted by atomic mass is 9.94. The summed E-state index contributed by atoms with van der Waals surface area (Å²) < 4.78 is 13.3. The Balaban J connectivity index is 2.21. The minimum absolute atomic E-state index is 0.0771. The van der Waals surface area contributed by atoms with Gasteiger partial charge in [0.1, 0.15) is 13.7 Å². The van der Waals surface area contributed by atoms with Gasteiger partial charge in [0.2, 0.25) is 0 Å². The molecule has 17 heavy (non-hydrogen) atoms. The van der Waals surface area contributed by atoms with Gasteiger partial charge in [-0.15, -0.1) is 0 Å². The fourth-order valence-electron chi connectivity index (χ4n) is 2.23. The van der Waals surface area contributed by atoms with E-state index in [1.807, 2.05) is 11.8 Å². The molecule has 1 aliphatic rings. The summed E-state index contributed by atoms with van der Waals surface area (Å²) in [6, 6.07) is 4.48. The normalized spacial score (nSPS) is 20.4. The topological polar surface area (TPSA) is 20.3 Å². The molecule has 0 bridgehead atoms. The third kappa shape index (κ3) is 2.51. The Kier molecular flexibility index (Phi) is 3.50. The lowest BCUT2D eigenvalue weighted by molar-refractivity contribution is 0.0635. The molecule has 1 atom stereocenters. The van der Waals surface area contributed by atoms with Gasteiger partial charge in [-0.3, -0.25) is 4.79 Å². The molecular formula is C13H15BFNO. The first-order chi connectivity index (χ1) is 8.09. The Morgan fingerprint density at radius 1 is 1.47 bits per heavy atom. The van der Waals surface area contributed by atoms with Crippen LogP contribution in [0.15, 0.2) is 18.2 Å². The Morgan fingerprint density at radius 3 is 2.88 bits per heavy atom. The molecular weight excluding hydrogens is 216 g/mol. The molecule has 1 saturated heterocycles. The van der Waals surface area contributed by atoms with Gasteiger partial charge in [-0.25, -0.2) is 4.39 Å². The second-order valence-electron chi connectivity index (χ2n) is 4.58. The average molecular weight is 231 g/mol. The van der Waals surface area contributed by atoms with Crippen molar-refractivity contribution in [3.05, 3.63) is 29.6 Å². The molecule has 0 aromatic heterocycles. The lowest BCUT2D eigenvalue weighted by Gasteiger charge is -2.33. The highest BCUT2D eigenvalue weighted by atomic mass is 19.1. The molecule has 4 heteroatoms. The molecule has 2 radical (unpaired) electrons. The van der Waals surface area contributed by atoms with E-state index in [0.29, 0.717) is 5.56 Å². The van der Waals surface area contributed by atoms with Gasteiger partial charge in [0.25, 0.3) is 5.91 Å². The van der Waals surface area contributed by atoms with Gasteiger partial charge in [0, 0.05) is 18.2 Å². The molecule has 2 nitrogen and oxygen atoms in total. The Labute approximate surface area is 102 Å². The van der Waals surface area contributed by atoms with E-state index in [1.165, 1.54) is 12.1 Å². The largest absolute Gasteiger partial charge is 0.336 e. The van der Waals surface area contributed by atoms with Crippen molar-refractivity contribution in [2.45, 2.75) is 32.2 Å². The van der Waals surface area contributed by atoms with Crippen molar-refractivity contribution >= 4 is 19.2 Å². The number of carbonyl (C=O) groups excluding carboxylic acids is 1. The zero-order valence-corrected chi connectivity index (χ0v) is 9.95. The molecule has 88 valence electrons. The number of benzene rings is 1. The highest BCUT2D eigenvalue weighted by molar-refractivity contribution is 6.32. The first kappa shape index (κ1) is 12.2. The highest BCUT2D eigenvalue weighted by Crippen LogP contribution is 2.19. The summed E-state index contributed by atoms with van der Waals surface area (Å²) in [5, 5.41) is 0. The predicted molar refractivity (Wildman–Crippen MR) is 66.1 cm³/mol. The van der Waals surface area contributed by atoms with Crippen LogP contribution in [0.1, 0.15) is 36.5 Å². The van der Waals surface area contributed by atoms with Crippen LogP contribution < -0.4 is 5.46 Å². The van der Waals surface area contributed by atoms with Crippen LogP contribution >= 0.6 is 0 Å². The van der Waals surface area contributed by atoms with Crippen molar-refractivity contribution < 1.29 is 9.18 Å². The first-order valence-electron chi connectivity index (χ1n) is 5.95. The predicted octanol–water partition coefficient (Wildman–Crippen LogP) is 1.63. The quantitative estimate of drug-likeness (QED) is 0.672. The van der Waals surface area contributed by atoms with Crippen molar-refractivity contribution in [1.82, 2.24) is 4.90 Å². The summed E-state index contributed by atoms with van der Waals surface area (Å²) in [4.78, 5) is 14.0. The number of halogens is 1. The van der Waals surface area contributed by atoms with Gasteiger partial charge >= 0.3 is 0 Å². The fraction of sp³-hybridized carbons (Fsp3) is 0.462. The van der Waals surface area contributed by atoms with E-state index in [2.05, 4.69) is 0 Å². The van der Waals surface area contributed by atoms with E-state index in [4.69, 9.17) is 7.85 Å². The Morgan fingerprint density at radius 2 is 2.24 bits per heavy atom. The van der Waals surface area contributed by atoms with Gasteiger partial charge < -0.3 is 4.90 Å². The molecule has 1 unspecified atom stereocenters. The molecule has 1 heterocycles. The van der Waals surface area contributed by atoms with Crippen LogP contribution in [0.3, 0.4) is 0 Å². The number of rotatable bonds is 1. The number of likely N-dealkylation sites (tertiary alicyclic amines) is 1. The molecule has 0 aliphatic carbocycles. The zero-order valence-electron chi connectivity index (χ0n) is 9.95. The minimum Gasteiger partial charge on any atom is -0.336 e. The van der Waals surface area contributed by atoms with Crippen molar-refractivity contribution in [2.75, 3.05) is 6.54 Å². The van der Waals surface area contributed by atoms with Crippen molar-refractivity contribution in [3.8, 4) is 0 Å². The van der Waals surface area contributed by atoms with E-state index in [9.17, 15) is 9.18 Å². The van der Waals surface area contributed by atoms with Gasteiger partial charge in [0.05, 0.1) is 0 Å². The van der Waals surface area contributed by atoms with Crippen molar-refractivity contribution in [1.29, 1.82) is 0 Å². The summed E-state index contributed by atoms with van der Waals surface area (Å²) >= 11 is 0. The monoisotopic (exact) mass is 231 g/mol. The standard InChI is InChI=1S/C13H15BFNO/c1-9-4-2-3-7-16(9)13(17)10-5-6-11(14)12(15)8-10/h5-6,8-9H,2-4,7H2,1H3. The molecule has 1 aliphatic heterocycles. The molecule has 0 saturated carbocycles. The maximum Gasteiger partial charge on any atom is 0.254 e. The summed E-state index contributed by atoms with van der Waals surface area (Å²) in [7, 11) is 5.39. The highest BCUT2D eigenvalue weighted by Gasteiger charge is 2.24. The second-order valence-corrected chi connectivity index (χ2v) is 4.58. The maximum atomic E-state index is 13.3. The van der Waals surface area contributed by atoms with E-state index >= 15 is 0 Å². The maximum absolute atomic E-state index is 13.3. The molecule has 0 N–H and O–H groups in total. The van der Waals surface area contributed by atoms with Crippen molar-refractivity contribution in [3.63, 3.8) is 0 Å².